The highest BCUT2D eigenvalue weighted by Crippen LogP contribution is 2.24. The second-order valence-electron chi connectivity index (χ2n) is 4.38. The first-order chi connectivity index (χ1) is 8.63. The molecule has 1 aromatic rings. The van der Waals surface area contributed by atoms with Crippen LogP contribution in [0, 0.1) is 0 Å². The number of anilines is 1. The van der Waals surface area contributed by atoms with Crippen LogP contribution < -0.4 is 10.5 Å². The number of hydrogen-bond donors (Lipinski definition) is 1. The molecule has 0 bridgehead atoms. The van der Waals surface area contributed by atoms with E-state index in [-0.39, 0.29) is 11.9 Å². The molecule has 1 aromatic carbocycles. The Labute approximate surface area is 106 Å². The Kier molecular flexibility index (Phi) is 3.72. The van der Waals surface area contributed by atoms with Gasteiger partial charge >= 0.3 is 0 Å². The van der Waals surface area contributed by atoms with Crippen molar-refractivity contribution < 1.29 is 14.3 Å². The summed E-state index contributed by atoms with van der Waals surface area (Å²) in [7, 11) is 1.55. The normalized spacial score (nSPS) is 19.7. The lowest BCUT2D eigenvalue weighted by molar-refractivity contribution is 0.00344. The number of ether oxygens (including phenoxy) is 2. The lowest BCUT2D eigenvalue weighted by Gasteiger charge is -2.33. The van der Waals surface area contributed by atoms with Crippen LogP contribution in [0.25, 0.3) is 0 Å². The monoisotopic (exact) mass is 250 g/mol. The summed E-state index contributed by atoms with van der Waals surface area (Å²) >= 11 is 0. The average Bonchev–Trinajstić information content (AvgIpc) is 2.38. The zero-order chi connectivity index (χ0) is 13.1. The Morgan fingerprint density at radius 1 is 1.56 bits per heavy atom. The highest BCUT2D eigenvalue weighted by molar-refractivity contribution is 5.98. The van der Waals surface area contributed by atoms with Gasteiger partial charge in [-0.15, -0.1) is 0 Å². The van der Waals surface area contributed by atoms with Crippen LogP contribution in [-0.2, 0) is 4.74 Å². The fourth-order valence-corrected chi connectivity index (χ4v) is 2.08. The minimum Gasteiger partial charge on any atom is -0.496 e. The van der Waals surface area contributed by atoms with E-state index in [1.165, 1.54) is 0 Å². The second-order valence-corrected chi connectivity index (χ2v) is 4.38. The summed E-state index contributed by atoms with van der Waals surface area (Å²) in [6.45, 7) is 3.70. The smallest absolute Gasteiger partial charge is 0.258 e. The standard InChI is InChI=1S/C13H18N2O3/c1-9-8-18-6-5-15(9)13(16)11-7-10(14)3-4-12(11)17-2/h3-4,7,9H,5-6,8,14H2,1-2H3. The zero-order valence-electron chi connectivity index (χ0n) is 10.7. The maximum absolute atomic E-state index is 12.5. The van der Waals surface area contributed by atoms with Gasteiger partial charge in [0.1, 0.15) is 5.75 Å². The van der Waals surface area contributed by atoms with E-state index in [2.05, 4.69) is 0 Å². The maximum Gasteiger partial charge on any atom is 0.258 e. The molecule has 1 atom stereocenters. The molecule has 1 unspecified atom stereocenters. The van der Waals surface area contributed by atoms with E-state index in [0.29, 0.717) is 36.8 Å². The number of methoxy groups -OCH3 is 1. The molecule has 18 heavy (non-hydrogen) atoms. The third-order valence-corrected chi connectivity index (χ3v) is 3.08. The van der Waals surface area contributed by atoms with Crippen molar-refractivity contribution in [2.45, 2.75) is 13.0 Å². The number of nitrogen functional groups attached to an aromatic ring is 1. The van der Waals surface area contributed by atoms with Crippen molar-refractivity contribution >= 4 is 11.6 Å². The number of rotatable bonds is 2. The quantitative estimate of drug-likeness (QED) is 0.799. The van der Waals surface area contributed by atoms with Crippen LogP contribution in [0.4, 0.5) is 5.69 Å². The Morgan fingerprint density at radius 3 is 3.00 bits per heavy atom. The molecule has 1 saturated heterocycles. The van der Waals surface area contributed by atoms with E-state index < -0.39 is 0 Å². The van der Waals surface area contributed by atoms with Crippen molar-refractivity contribution in [1.82, 2.24) is 4.90 Å². The van der Waals surface area contributed by atoms with Gasteiger partial charge < -0.3 is 20.1 Å². The molecule has 0 saturated carbocycles. The molecule has 0 radical (unpaired) electrons. The number of nitrogens with zero attached hydrogens (tertiary/aromatic N) is 1. The van der Waals surface area contributed by atoms with Crippen molar-refractivity contribution in [2.24, 2.45) is 0 Å². The molecule has 0 aliphatic carbocycles. The average molecular weight is 250 g/mol. The largest absolute Gasteiger partial charge is 0.496 e. The first kappa shape index (κ1) is 12.7. The van der Waals surface area contributed by atoms with Crippen molar-refractivity contribution in [2.75, 3.05) is 32.6 Å². The Bertz CT molecular complexity index is 448. The van der Waals surface area contributed by atoms with Gasteiger partial charge in [0.25, 0.3) is 5.91 Å². The molecule has 5 heteroatoms. The molecule has 1 aliphatic rings. The van der Waals surface area contributed by atoms with Crippen LogP contribution >= 0.6 is 0 Å². The Morgan fingerprint density at radius 2 is 2.33 bits per heavy atom. The predicted octanol–water partition coefficient (Wildman–Crippen LogP) is 1.14. The topological polar surface area (TPSA) is 64.8 Å². The zero-order valence-corrected chi connectivity index (χ0v) is 10.7. The van der Waals surface area contributed by atoms with Gasteiger partial charge in [0.2, 0.25) is 0 Å². The van der Waals surface area contributed by atoms with Gasteiger partial charge in [-0.2, -0.15) is 0 Å². The number of benzene rings is 1. The molecule has 1 heterocycles. The van der Waals surface area contributed by atoms with Gasteiger partial charge in [-0.1, -0.05) is 0 Å². The fraction of sp³-hybridized carbons (Fsp3) is 0.462. The van der Waals surface area contributed by atoms with Crippen LogP contribution in [0.15, 0.2) is 18.2 Å². The summed E-state index contributed by atoms with van der Waals surface area (Å²) < 4.78 is 10.5. The molecule has 1 amide bonds. The third-order valence-electron chi connectivity index (χ3n) is 3.08. The SMILES string of the molecule is COc1ccc(N)cc1C(=O)N1CCOCC1C. The van der Waals surface area contributed by atoms with Crippen LogP contribution in [0.5, 0.6) is 5.75 Å². The van der Waals surface area contributed by atoms with Crippen LogP contribution in [-0.4, -0.2) is 43.7 Å². The van der Waals surface area contributed by atoms with Crippen LogP contribution in [0.1, 0.15) is 17.3 Å². The van der Waals surface area contributed by atoms with Gasteiger partial charge in [0.15, 0.2) is 0 Å². The molecular formula is C13H18N2O3. The van der Waals surface area contributed by atoms with Gasteiger partial charge in [-0.3, -0.25) is 4.79 Å². The second kappa shape index (κ2) is 5.27. The molecule has 1 fully saturated rings. The molecule has 98 valence electrons. The van der Waals surface area contributed by atoms with Crippen molar-refractivity contribution in [3.63, 3.8) is 0 Å². The molecule has 5 nitrogen and oxygen atoms in total. The Balaban J connectivity index is 2.29. The van der Waals surface area contributed by atoms with Crippen molar-refractivity contribution in [3.8, 4) is 5.75 Å². The number of morpholine rings is 1. The molecule has 0 aromatic heterocycles. The fourth-order valence-electron chi connectivity index (χ4n) is 2.08. The summed E-state index contributed by atoms with van der Waals surface area (Å²) in [5.41, 5.74) is 6.79. The van der Waals surface area contributed by atoms with Gasteiger partial charge in [-0.25, -0.2) is 0 Å². The molecule has 2 N–H and O–H groups in total. The summed E-state index contributed by atoms with van der Waals surface area (Å²) in [5, 5.41) is 0. The maximum atomic E-state index is 12.5. The highest BCUT2D eigenvalue weighted by Gasteiger charge is 2.26. The summed E-state index contributed by atoms with van der Waals surface area (Å²) in [6.07, 6.45) is 0. The number of amides is 1. The lowest BCUT2D eigenvalue weighted by atomic mass is 10.1. The van der Waals surface area contributed by atoms with Gasteiger partial charge in [-0.05, 0) is 25.1 Å². The van der Waals surface area contributed by atoms with E-state index >= 15 is 0 Å². The summed E-state index contributed by atoms with van der Waals surface area (Å²) in [4.78, 5) is 14.3. The molecule has 0 spiro atoms. The van der Waals surface area contributed by atoms with E-state index in [1.54, 1.807) is 30.2 Å². The minimum absolute atomic E-state index is 0.0602. The van der Waals surface area contributed by atoms with Gasteiger partial charge in [0, 0.05) is 12.2 Å². The third kappa shape index (κ3) is 2.41. The summed E-state index contributed by atoms with van der Waals surface area (Å²) in [5.74, 6) is 0.489. The van der Waals surface area contributed by atoms with Crippen molar-refractivity contribution in [3.05, 3.63) is 23.8 Å². The van der Waals surface area contributed by atoms with Crippen molar-refractivity contribution in [1.29, 1.82) is 0 Å². The van der Waals surface area contributed by atoms with E-state index in [4.69, 9.17) is 15.2 Å². The minimum atomic E-state index is -0.0602. The summed E-state index contributed by atoms with van der Waals surface area (Å²) in [6, 6.07) is 5.16. The highest BCUT2D eigenvalue weighted by atomic mass is 16.5. The number of nitrogens with two attached hydrogens (primary N) is 1. The lowest BCUT2D eigenvalue weighted by Crippen LogP contribution is -2.47. The first-order valence-corrected chi connectivity index (χ1v) is 5.95. The molecular weight excluding hydrogens is 232 g/mol. The van der Waals surface area contributed by atoms with E-state index in [1.807, 2.05) is 6.92 Å². The van der Waals surface area contributed by atoms with Gasteiger partial charge in [0.05, 0.1) is 31.9 Å². The molecule has 2 rings (SSSR count). The number of carbonyl (C=O) groups excluding carboxylic acids is 1. The van der Waals surface area contributed by atoms with E-state index in [0.717, 1.165) is 0 Å². The van der Waals surface area contributed by atoms with E-state index in [9.17, 15) is 4.79 Å². The van der Waals surface area contributed by atoms with Crippen LogP contribution in [0.2, 0.25) is 0 Å². The Hall–Kier alpha value is -1.75. The first-order valence-electron chi connectivity index (χ1n) is 5.95. The van der Waals surface area contributed by atoms with Crippen LogP contribution in [0.3, 0.4) is 0 Å². The number of carbonyl (C=O) groups is 1. The molecule has 1 aliphatic heterocycles. The predicted molar refractivity (Wildman–Crippen MR) is 68.7 cm³/mol. The number of hydrogen-bond acceptors (Lipinski definition) is 4.